The highest BCUT2D eigenvalue weighted by molar-refractivity contribution is 6.31. The number of hydrogen-bond acceptors (Lipinski definition) is 3. The van der Waals surface area contributed by atoms with Gasteiger partial charge in [0.1, 0.15) is 5.75 Å². The first-order chi connectivity index (χ1) is 9.47. The lowest BCUT2D eigenvalue weighted by atomic mass is 10.1. The smallest absolute Gasteiger partial charge is 0.119 e. The Morgan fingerprint density at radius 1 is 1.30 bits per heavy atom. The SMILES string of the molecule is Cc1c(Cl)cnn1CC(O)c1ccc(OC(C)C)cc1. The Morgan fingerprint density at radius 3 is 2.45 bits per heavy atom. The van der Waals surface area contributed by atoms with Crippen molar-refractivity contribution in [2.24, 2.45) is 0 Å². The first-order valence-corrected chi connectivity index (χ1v) is 6.97. The quantitative estimate of drug-likeness (QED) is 0.920. The summed E-state index contributed by atoms with van der Waals surface area (Å²) in [5.41, 5.74) is 1.68. The van der Waals surface area contributed by atoms with Crippen LogP contribution in [0.15, 0.2) is 30.5 Å². The van der Waals surface area contributed by atoms with E-state index < -0.39 is 6.10 Å². The molecule has 4 nitrogen and oxygen atoms in total. The number of halogens is 1. The van der Waals surface area contributed by atoms with Crippen LogP contribution in [0.1, 0.15) is 31.2 Å². The van der Waals surface area contributed by atoms with Crippen molar-refractivity contribution < 1.29 is 9.84 Å². The summed E-state index contributed by atoms with van der Waals surface area (Å²) in [5.74, 6) is 0.800. The highest BCUT2D eigenvalue weighted by Gasteiger charge is 2.12. The van der Waals surface area contributed by atoms with Crippen LogP contribution < -0.4 is 4.74 Å². The first kappa shape index (κ1) is 14.9. The largest absolute Gasteiger partial charge is 0.491 e. The van der Waals surface area contributed by atoms with Crippen molar-refractivity contribution in [2.45, 2.75) is 39.5 Å². The van der Waals surface area contributed by atoms with Crippen molar-refractivity contribution in [3.63, 3.8) is 0 Å². The lowest BCUT2D eigenvalue weighted by Crippen LogP contribution is -2.11. The Morgan fingerprint density at radius 2 is 1.95 bits per heavy atom. The molecule has 0 saturated heterocycles. The molecule has 0 saturated carbocycles. The molecule has 0 amide bonds. The van der Waals surface area contributed by atoms with Crippen molar-refractivity contribution in [3.05, 3.63) is 46.7 Å². The molecular weight excluding hydrogens is 276 g/mol. The minimum absolute atomic E-state index is 0.139. The topological polar surface area (TPSA) is 47.3 Å². The Kier molecular flexibility index (Phi) is 4.68. The average Bonchev–Trinajstić information content (AvgIpc) is 2.71. The number of ether oxygens (including phenoxy) is 1. The van der Waals surface area contributed by atoms with E-state index in [0.29, 0.717) is 11.6 Å². The van der Waals surface area contributed by atoms with Crippen LogP contribution in [0.2, 0.25) is 5.02 Å². The molecule has 0 aliphatic rings. The summed E-state index contributed by atoms with van der Waals surface area (Å²) >= 11 is 5.95. The molecular formula is C15H19ClN2O2. The molecule has 0 aliphatic heterocycles. The van der Waals surface area contributed by atoms with Gasteiger partial charge in [0.25, 0.3) is 0 Å². The fraction of sp³-hybridized carbons (Fsp3) is 0.400. The highest BCUT2D eigenvalue weighted by Crippen LogP contribution is 2.21. The molecule has 1 aromatic heterocycles. The Balaban J connectivity index is 2.05. The summed E-state index contributed by atoms with van der Waals surface area (Å²) in [6.45, 7) is 6.21. The van der Waals surface area contributed by atoms with Crippen LogP contribution in [0.3, 0.4) is 0 Å². The van der Waals surface area contributed by atoms with Crippen LogP contribution in [-0.2, 0) is 6.54 Å². The third kappa shape index (κ3) is 3.52. The second-order valence-corrected chi connectivity index (χ2v) is 5.42. The summed E-state index contributed by atoms with van der Waals surface area (Å²) in [6.07, 6.45) is 1.10. The van der Waals surface area contributed by atoms with Gasteiger partial charge in [0.05, 0.1) is 35.7 Å². The van der Waals surface area contributed by atoms with Crippen LogP contribution >= 0.6 is 11.6 Å². The van der Waals surface area contributed by atoms with E-state index in [1.807, 2.05) is 45.0 Å². The second kappa shape index (κ2) is 6.29. The zero-order valence-electron chi connectivity index (χ0n) is 11.9. The molecule has 0 aliphatic carbocycles. The van der Waals surface area contributed by atoms with Gasteiger partial charge in [0.15, 0.2) is 0 Å². The average molecular weight is 295 g/mol. The maximum absolute atomic E-state index is 10.2. The molecule has 1 N–H and O–H groups in total. The zero-order valence-corrected chi connectivity index (χ0v) is 12.6. The van der Waals surface area contributed by atoms with Gasteiger partial charge in [-0.2, -0.15) is 5.10 Å². The molecule has 1 heterocycles. The predicted octanol–water partition coefficient (Wildman–Crippen LogP) is 3.37. The number of benzene rings is 1. The van der Waals surface area contributed by atoms with Gasteiger partial charge in [-0.05, 0) is 38.5 Å². The highest BCUT2D eigenvalue weighted by atomic mass is 35.5. The third-order valence-electron chi connectivity index (χ3n) is 3.03. The normalized spacial score (nSPS) is 12.7. The lowest BCUT2D eigenvalue weighted by Gasteiger charge is -2.14. The molecule has 20 heavy (non-hydrogen) atoms. The maximum atomic E-state index is 10.2. The molecule has 1 unspecified atom stereocenters. The number of nitrogens with zero attached hydrogens (tertiary/aromatic N) is 2. The lowest BCUT2D eigenvalue weighted by molar-refractivity contribution is 0.150. The summed E-state index contributed by atoms with van der Waals surface area (Å²) < 4.78 is 7.27. The van der Waals surface area contributed by atoms with E-state index in [4.69, 9.17) is 16.3 Å². The standard InChI is InChI=1S/C15H19ClN2O2/c1-10(2)20-13-6-4-12(5-7-13)15(19)9-18-11(3)14(16)8-17-18/h4-8,10,15,19H,9H2,1-3H3. The van der Waals surface area contributed by atoms with Crippen molar-refractivity contribution in [2.75, 3.05) is 0 Å². The molecule has 0 radical (unpaired) electrons. The predicted molar refractivity (Wildman–Crippen MR) is 79.1 cm³/mol. The van der Waals surface area contributed by atoms with E-state index in [1.54, 1.807) is 10.9 Å². The minimum atomic E-state index is -0.627. The van der Waals surface area contributed by atoms with Crippen LogP contribution in [0, 0.1) is 6.92 Å². The van der Waals surface area contributed by atoms with Crippen molar-refractivity contribution in [1.29, 1.82) is 0 Å². The molecule has 1 aromatic carbocycles. The van der Waals surface area contributed by atoms with E-state index in [1.165, 1.54) is 0 Å². The fourth-order valence-electron chi connectivity index (χ4n) is 1.92. The monoisotopic (exact) mass is 294 g/mol. The van der Waals surface area contributed by atoms with Gasteiger partial charge >= 0.3 is 0 Å². The molecule has 108 valence electrons. The van der Waals surface area contributed by atoms with E-state index in [9.17, 15) is 5.11 Å². The van der Waals surface area contributed by atoms with Gasteiger partial charge in [-0.1, -0.05) is 23.7 Å². The summed E-state index contributed by atoms with van der Waals surface area (Å²) in [7, 11) is 0. The number of aliphatic hydroxyl groups excluding tert-OH is 1. The van der Waals surface area contributed by atoms with E-state index in [0.717, 1.165) is 17.0 Å². The van der Waals surface area contributed by atoms with Crippen LogP contribution in [-0.4, -0.2) is 21.0 Å². The van der Waals surface area contributed by atoms with Crippen molar-refractivity contribution in [3.8, 4) is 5.75 Å². The van der Waals surface area contributed by atoms with Gasteiger partial charge < -0.3 is 9.84 Å². The molecule has 0 fully saturated rings. The maximum Gasteiger partial charge on any atom is 0.119 e. The summed E-state index contributed by atoms with van der Waals surface area (Å²) in [6, 6.07) is 7.45. The molecule has 2 aromatic rings. The Hall–Kier alpha value is -1.52. The van der Waals surface area contributed by atoms with Gasteiger partial charge in [0, 0.05) is 0 Å². The van der Waals surface area contributed by atoms with Gasteiger partial charge in [0.2, 0.25) is 0 Å². The number of rotatable bonds is 5. The minimum Gasteiger partial charge on any atom is -0.491 e. The second-order valence-electron chi connectivity index (χ2n) is 5.01. The van der Waals surface area contributed by atoms with Gasteiger partial charge in [-0.3, -0.25) is 4.68 Å². The van der Waals surface area contributed by atoms with E-state index in [2.05, 4.69) is 5.10 Å². The van der Waals surface area contributed by atoms with Crippen LogP contribution in [0.25, 0.3) is 0 Å². The summed E-state index contributed by atoms with van der Waals surface area (Å²) in [4.78, 5) is 0. The third-order valence-corrected chi connectivity index (χ3v) is 3.40. The van der Waals surface area contributed by atoms with Crippen molar-refractivity contribution in [1.82, 2.24) is 9.78 Å². The Bertz CT molecular complexity index is 564. The molecule has 2 rings (SSSR count). The number of aromatic nitrogens is 2. The first-order valence-electron chi connectivity index (χ1n) is 6.60. The molecule has 5 heteroatoms. The van der Waals surface area contributed by atoms with Crippen molar-refractivity contribution >= 4 is 11.6 Å². The molecule has 1 atom stereocenters. The fourth-order valence-corrected chi connectivity index (χ4v) is 2.06. The van der Waals surface area contributed by atoms with Gasteiger partial charge in [-0.25, -0.2) is 0 Å². The number of aliphatic hydroxyl groups is 1. The van der Waals surface area contributed by atoms with Gasteiger partial charge in [-0.15, -0.1) is 0 Å². The van der Waals surface area contributed by atoms with E-state index >= 15 is 0 Å². The van der Waals surface area contributed by atoms with Crippen LogP contribution in [0.5, 0.6) is 5.75 Å². The molecule has 0 bridgehead atoms. The number of hydrogen-bond donors (Lipinski definition) is 1. The Labute approximate surface area is 123 Å². The van der Waals surface area contributed by atoms with Crippen LogP contribution in [0.4, 0.5) is 0 Å². The van der Waals surface area contributed by atoms with E-state index in [-0.39, 0.29) is 6.10 Å². The zero-order chi connectivity index (χ0) is 14.7. The molecule has 0 spiro atoms. The summed E-state index contributed by atoms with van der Waals surface area (Å²) in [5, 5.41) is 15.0.